The van der Waals surface area contributed by atoms with Gasteiger partial charge in [0, 0.05) is 6.20 Å². The molecule has 0 saturated heterocycles. The second-order valence-corrected chi connectivity index (χ2v) is 4.14. The molecule has 18 heavy (non-hydrogen) atoms. The van der Waals surface area contributed by atoms with Crippen molar-refractivity contribution < 1.29 is 4.79 Å². The number of nitrogens with one attached hydrogen (secondary N) is 1. The van der Waals surface area contributed by atoms with Gasteiger partial charge in [0.05, 0.1) is 15.6 Å². The summed E-state index contributed by atoms with van der Waals surface area (Å²) in [4.78, 5) is 15.8. The van der Waals surface area contributed by atoms with E-state index in [4.69, 9.17) is 23.2 Å². The largest absolute Gasteiger partial charge is 0.307 e. The van der Waals surface area contributed by atoms with Crippen molar-refractivity contribution in [1.29, 1.82) is 0 Å². The van der Waals surface area contributed by atoms with E-state index in [1.54, 1.807) is 36.4 Å². The molecule has 0 fully saturated rings. The average Bonchev–Trinajstić information content (AvgIpc) is 2.32. The van der Waals surface area contributed by atoms with Crippen molar-refractivity contribution in [1.82, 2.24) is 4.98 Å². The van der Waals surface area contributed by atoms with Gasteiger partial charge in [-0.3, -0.25) is 4.79 Å². The van der Waals surface area contributed by atoms with Crippen molar-refractivity contribution in [3.8, 4) is 0 Å². The first-order valence-electron chi connectivity index (χ1n) is 4.84. The second-order valence-electron chi connectivity index (χ2n) is 3.30. The lowest BCUT2D eigenvalue weighted by Gasteiger charge is -2.05. The number of carbonyl (C=O) groups excluding carboxylic acids is 1. The Morgan fingerprint density at radius 2 is 1.83 bits per heavy atom. The Bertz CT molecular complexity index is 543. The number of hydrogen-bond donors (Lipinski definition) is 1. The van der Waals surface area contributed by atoms with Crippen molar-refractivity contribution in [2.75, 3.05) is 5.32 Å². The van der Waals surface area contributed by atoms with Crippen molar-refractivity contribution in [3.05, 3.63) is 58.2 Å². The molecule has 2 aromatic rings. The summed E-state index contributed by atoms with van der Waals surface area (Å²) in [6, 6.07) is 10.1. The number of pyridine rings is 1. The summed E-state index contributed by atoms with van der Waals surface area (Å²) < 4.78 is 0. The molecule has 1 heterocycles. The highest BCUT2D eigenvalue weighted by molar-refractivity contribution is 6.34. The van der Waals surface area contributed by atoms with Crippen LogP contribution in [0.25, 0.3) is 0 Å². The third-order valence-electron chi connectivity index (χ3n) is 2.09. The van der Waals surface area contributed by atoms with Gasteiger partial charge in [-0.1, -0.05) is 35.3 Å². The summed E-state index contributed by atoms with van der Waals surface area (Å²) >= 11 is 11.6. The summed E-state index contributed by atoms with van der Waals surface area (Å²) in [6.07, 6.45) is 1.46. The van der Waals surface area contributed by atoms with Gasteiger partial charge in [0.2, 0.25) is 0 Å². The minimum atomic E-state index is -0.301. The summed E-state index contributed by atoms with van der Waals surface area (Å²) in [5.74, 6) is 0.129. The van der Waals surface area contributed by atoms with Crippen LogP contribution < -0.4 is 5.32 Å². The molecule has 1 aromatic heterocycles. The van der Waals surface area contributed by atoms with Gasteiger partial charge in [0.25, 0.3) is 5.91 Å². The van der Waals surface area contributed by atoms with Crippen molar-refractivity contribution in [2.45, 2.75) is 0 Å². The minimum Gasteiger partial charge on any atom is -0.307 e. The number of rotatable bonds is 2. The topological polar surface area (TPSA) is 42.0 Å². The molecule has 94 valence electrons. The van der Waals surface area contributed by atoms with Crippen LogP contribution in [0.15, 0.2) is 42.6 Å². The van der Waals surface area contributed by atoms with E-state index in [0.29, 0.717) is 21.4 Å². The van der Waals surface area contributed by atoms with Gasteiger partial charge in [-0.15, -0.1) is 12.4 Å². The predicted octanol–water partition coefficient (Wildman–Crippen LogP) is 4.06. The fourth-order valence-corrected chi connectivity index (χ4v) is 1.61. The molecule has 0 radical (unpaired) electrons. The van der Waals surface area contributed by atoms with Gasteiger partial charge in [-0.2, -0.15) is 0 Å². The lowest BCUT2D eigenvalue weighted by atomic mass is 10.2. The summed E-state index contributed by atoms with van der Waals surface area (Å²) in [5, 5.41) is 3.55. The van der Waals surface area contributed by atoms with Gasteiger partial charge in [0.1, 0.15) is 5.82 Å². The number of benzene rings is 1. The van der Waals surface area contributed by atoms with Crippen molar-refractivity contribution in [3.63, 3.8) is 0 Å². The predicted molar refractivity (Wildman–Crippen MR) is 75.9 cm³/mol. The molecule has 0 aliphatic heterocycles. The van der Waals surface area contributed by atoms with Crippen LogP contribution in [0.3, 0.4) is 0 Å². The van der Waals surface area contributed by atoms with Crippen LogP contribution in [0.1, 0.15) is 10.4 Å². The van der Waals surface area contributed by atoms with Gasteiger partial charge >= 0.3 is 0 Å². The zero-order valence-corrected chi connectivity index (χ0v) is 11.4. The Labute approximate surface area is 121 Å². The number of halogens is 3. The van der Waals surface area contributed by atoms with E-state index in [1.165, 1.54) is 6.20 Å². The first kappa shape index (κ1) is 14.8. The van der Waals surface area contributed by atoms with E-state index in [-0.39, 0.29) is 18.3 Å². The number of aromatic nitrogens is 1. The molecule has 0 unspecified atom stereocenters. The number of hydrogen-bond acceptors (Lipinski definition) is 2. The fraction of sp³-hybridized carbons (Fsp3) is 0. The van der Waals surface area contributed by atoms with E-state index < -0.39 is 0 Å². The minimum absolute atomic E-state index is 0. The maximum absolute atomic E-state index is 11.9. The Morgan fingerprint density at radius 1 is 1.11 bits per heavy atom. The first-order chi connectivity index (χ1) is 8.16. The van der Waals surface area contributed by atoms with Crippen LogP contribution in [0.2, 0.25) is 10.0 Å². The maximum Gasteiger partial charge on any atom is 0.258 e. The van der Waals surface area contributed by atoms with Crippen LogP contribution in [0.4, 0.5) is 5.82 Å². The van der Waals surface area contributed by atoms with E-state index >= 15 is 0 Å². The van der Waals surface area contributed by atoms with Crippen molar-refractivity contribution in [2.24, 2.45) is 0 Å². The molecule has 1 aromatic carbocycles. The van der Waals surface area contributed by atoms with E-state index in [1.807, 2.05) is 0 Å². The highest BCUT2D eigenvalue weighted by Gasteiger charge is 2.09. The van der Waals surface area contributed by atoms with Gasteiger partial charge in [-0.05, 0) is 24.3 Å². The highest BCUT2D eigenvalue weighted by Crippen LogP contribution is 2.17. The standard InChI is InChI=1S/C12H8Cl2N2O.ClH/c13-8-5-6-11(15-7-8)16-12(17)9-3-1-2-4-10(9)14;/h1-7H,(H,15,16,17);1H. The Hall–Kier alpha value is -1.29. The van der Waals surface area contributed by atoms with E-state index in [9.17, 15) is 4.79 Å². The summed E-state index contributed by atoms with van der Waals surface area (Å²) in [5.41, 5.74) is 0.408. The van der Waals surface area contributed by atoms with Crippen LogP contribution in [-0.2, 0) is 0 Å². The van der Waals surface area contributed by atoms with Crippen LogP contribution >= 0.6 is 35.6 Å². The zero-order chi connectivity index (χ0) is 12.3. The SMILES string of the molecule is Cl.O=C(Nc1ccc(Cl)cn1)c1ccccc1Cl. The third-order valence-corrected chi connectivity index (χ3v) is 2.64. The van der Waals surface area contributed by atoms with Gasteiger partial charge in [-0.25, -0.2) is 4.98 Å². The molecule has 0 spiro atoms. The molecule has 0 aliphatic rings. The number of carbonyl (C=O) groups is 1. The maximum atomic E-state index is 11.9. The Morgan fingerprint density at radius 3 is 2.44 bits per heavy atom. The quantitative estimate of drug-likeness (QED) is 0.909. The second kappa shape index (κ2) is 6.59. The fourth-order valence-electron chi connectivity index (χ4n) is 1.28. The molecule has 3 nitrogen and oxygen atoms in total. The number of anilines is 1. The Balaban J connectivity index is 0.00000162. The lowest BCUT2D eigenvalue weighted by Crippen LogP contribution is -2.13. The zero-order valence-electron chi connectivity index (χ0n) is 9.06. The smallest absolute Gasteiger partial charge is 0.258 e. The normalized spacial score (nSPS) is 9.44. The van der Waals surface area contributed by atoms with E-state index in [2.05, 4.69) is 10.3 Å². The number of amides is 1. The molecule has 0 atom stereocenters. The van der Waals surface area contributed by atoms with Gasteiger partial charge < -0.3 is 5.32 Å². The van der Waals surface area contributed by atoms with Gasteiger partial charge in [0.15, 0.2) is 0 Å². The molecule has 1 amide bonds. The third kappa shape index (κ3) is 3.60. The first-order valence-corrected chi connectivity index (χ1v) is 5.60. The number of nitrogens with zero attached hydrogens (tertiary/aromatic N) is 1. The summed E-state index contributed by atoms with van der Waals surface area (Å²) in [7, 11) is 0. The summed E-state index contributed by atoms with van der Waals surface area (Å²) in [6.45, 7) is 0. The molecule has 0 bridgehead atoms. The van der Waals surface area contributed by atoms with Crippen LogP contribution in [-0.4, -0.2) is 10.9 Å². The molecule has 0 saturated carbocycles. The molecule has 0 aliphatic carbocycles. The molecule has 1 N–H and O–H groups in total. The highest BCUT2D eigenvalue weighted by atomic mass is 35.5. The molecule has 2 rings (SSSR count). The monoisotopic (exact) mass is 302 g/mol. The van der Waals surface area contributed by atoms with Crippen LogP contribution in [0, 0.1) is 0 Å². The van der Waals surface area contributed by atoms with E-state index in [0.717, 1.165) is 0 Å². The van der Waals surface area contributed by atoms with Crippen LogP contribution in [0.5, 0.6) is 0 Å². The molecular formula is C12H9Cl3N2O. The molecule has 6 heteroatoms. The van der Waals surface area contributed by atoms with Crippen molar-refractivity contribution >= 4 is 47.3 Å². The average molecular weight is 304 g/mol. The molecular weight excluding hydrogens is 295 g/mol. The lowest BCUT2D eigenvalue weighted by molar-refractivity contribution is 0.102. The Kier molecular flexibility index (Phi) is 5.41.